The first-order valence-corrected chi connectivity index (χ1v) is 6.57. The molecule has 170 valence electrons. The van der Waals surface area contributed by atoms with Crippen molar-refractivity contribution >= 4 is 0 Å². The summed E-state index contributed by atoms with van der Waals surface area (Å²) in [6.07, 6.45) is -7.68. The molecule has 0 aliphatic heterocycles. The van der Waals surface area contributed by atoms with E-state index in [-0.39, 0.29) is 0 Å². The highest BCUT2D eigenvalue weighted by Crippen LogP contribution is 2.63. The molecule has 0 fully saturated rings. The average molecular weight is 460 g/mol. The lowest BCUT2D eigenvalue weighted by atomic mass is 9.84. The molecule has 0 aliphatic rings. The average Bonchev–Trinajstić information content (AvgIpc) is 2.44. The van der Waals surface area contributed by atoms with Gasteiger partial charge in [-0.1, -0.05) is 13.8 Å². The summed E-state index contributed by atoms with van der Waals surface area (Å²) in [6, 6.07) is 0. The van der Waals surface area contributed by atoms with E-state index in [0.717, 1.165) is 0 Å². The molecule has 0 rings (SSSR count). The van der Waals surface area contributed by atoms with Crippen molar-refractivity contribution in [1.29, 1.82) is 0 Å². The second kappa shape index (κ2) is 6.42. The molecule has 1 atom stereocenters. The Morgan fingerprint density at radius 1 is 0.429 bits per heavy atom. The van der Waals surface area contributed by atoms with Gasteiger partial charge in [-0.25, -0.2) is 0 Å². The molecule has 0 aromatic rings. The van der Waals surface area contributed by atoms with Gasteiger partial charge in [-0.2, -0.15) is 70.2 Å². The topological polar surface area (TPSA) is 27.6 Å². The Balaban J connectivity index is 6.72. The fourth-order valence-corrected chi connectivity index (χ4v) is 1.59. The molecule has 0 radical (unpaired) electrons. The van der Waals surface area contributed by atoms with E-state index in [1.54, 1.807) is 5.73 Å². The van der Waals surface area contributed by atoms with Crippen molar-refractivity contribution < 1.29 is 76.0 Å². The normalized spacial score (nSPS) is 18.4. The summed E-state index contributed by atoms with van der Waals surface area (Å²) in [6.45, 7) is 0.583. The Morgan fingerprint density at radius 2 is 0.643 bits per heavy atom. The summed E-state index contributed by atoms with van der Waals surface area (Å²) in [5.41, 5.74) is 1.76. The summed E-state index contributed by atoms with van der Waals surface area (Å²) in [5.74, 6) is -55.6. The first kappa shape index (κ1) is 26.8. The van der Waals surface area contributed by atoms with Gasteiger partial charge in [0.15, 0.2) is 0 Å². The molecule has 0 bridgehead atoms. The van der Waals surface area contributed by atoms with Crippen molar-refractivity contribution in [3.05, 3.63) is 0 Å². The van der Waals surface area contributed by atoms with Crippen molar-refractivity contribution in [1.82, 2.24) is 0 Å². The van der Waals surface area contributed by atoms with Gasteiger partial charge in [0.05, 0.1) is 0 Å². The molecule has 0 aromatic carbocycles. The first-order chi connectivity index (χ1) is 11.7. The molecule has 0 saturated heterocycles. The zero-order valence-corrected chi connectivity index (χ0v) is 13.3. The van der Waals surface area contributed by atoms with Crippen LogP contribution in [0, 0.1) is 5.92 Å². The minimum atomic E-state index is -8.43. The minimum Gasteiger partial charge on any atom is -0.320 e. The third-order valence-electron chi connectivity index (χ3n) is 3.76. The highest BCUT2D eigenvalue weighted by atomic mass is 19.4. The second-order valence-corrected chi connectivity index (χ2v) is 5.96. The van der Waals surface area contributed by atoms with E-state index >= 15 is 0 Å². The molecule has 28 heavy (non-hydrogen) atoms. The Morgan fingerprint density at radius 3 is 0.857 bits per heavy atom. The number of alkyl halides is 16. The van der Waals surface area contributed by atoms with Gasteiger partial charge < -0.3 is 5.73 Å². The van der Waals surface area contributed by atoms with Crippen molar-refractivity contribution in [3.63, 3.8) is 0 Å². The van der Waals surface area contributed by atoms with Gasteiger partial charge in [0.25, 0.3) is 0 Å². The molecule has 0 aliphatic carbocycles. The van der Waals surface area contributed by atoms with Gasteiger partial charge in [0, 0.05) is 5.92 Å². The van der Waals surface area contributed by atoms with Gasteiger partial charge in [0.2, 0.25) is 0 Å². The maximum Gasteiger partial charge on any atom is 0.460 e. The van der Waals surface area contributed by atoms with Crippen LogP contribution in [0.25, 0.3) is 0 Å². The summed E-state index contributed by atoms with van der Waals surface area (Å²) < 4.78 is 207. The van der Waals surface area contributed by atoms with Gasteiger partial charge in [-0.15, -0.1) is 0 Å². The monoisotopic (exact) mass is 460 g/mol. The molecule has 0 heterocycles. The van der Waals surface area contributed by atoms with Crippen LogP contribution in [0.15, 0.2) is 0 Å². The second-order valence-electron chi connectivity index (χ2n) is 5.96. The van der Waals surface area contributed by atoms with Gasteiger partial charge in [-0.05, 0) is 0 Å². The van der Waals surface area contributed by atoms with Gasteiger partial charge >= 0.3 is 47.5 Å². The lowest BCUT2D eigenvalue weighted by molar-refractivity contribution is -0.601. The predicted molar refractivity (Wildman–Crippen MR) is 57.3 cm³/mol. The third-order valence-corrected chi connectivity index (χ3v) is 3.76. The van der Waals surface area contributed by atoms with Crippen molar-refractivity contribution in [2.24, 2.45) is 5.92 Å². The summed E-state index contributed by atoms with van der Waals surface area (Å²) in [4.78, 5) is 0. The number of quaternary nitrogens is 1. The standard InChI is InChI=1S/C11H9F16N/c1-3(2)4(12,28)5(13,14)6(15,16)7(17,18)8(19,20)9(21,22)10(23,24)11(25,26)27/h3H,28H2,1-2H3/p+1. The van der Waals surface area contributed by atoms with E-state index in [1.165, 1.54) is 0 Å². The summed E-state index contributed by atoms with van der Waals surface area (Å²) in [5, 5.41) is 0. The van der Waals surface area contributed by atoms with Crippen molar-refractivity contribution in [2.75, 3.05) is 0 Å². The van der Waals surface area contributed by atoms with Gasteiger partial charge in [0.1, 0.15) is 0 Å². The molecule has 0 aromatic heterocycles. The SMILES string of the molecule is CC(C)C([NH3+])(F)C(F)(F)C(F)(F)C(F)(F)C(F)(F)C(F)(F)C(F)(F)C(F)(F)F. The van der Waals surface area contributed by atoms with E-state index in [4.69, 9.17) is 0 Å². The third kappa shape index (κ3) is 3.07. The number of halogens is 16. The molecular formula is C11H10F16N+. The summed E-state index contributed by atoms with van der Waals surface area (Å²) in [7, 11) is 0. The zero-order chi connectivity index (χ0) is 23.6. The lowest BCUT2D eigenvalue weighted by Crippen LogP contribution is -2.86. The van der Waals surface area contributed by atoms with E-state index in [0.29, 0.717) is 13.8 Å². The summed E-state index contributed by atoms with van der Waals surface area (Å²) >= 11 is 0. The highest BCUT2D eigenvalue weighted by Gasteiger charge is 2.95. The quantitative estimate of drug-likeness (QED) is 0.413. The first-order valence-electron chi connectivity index (χ1n) is 6.57. The van der Waals surface area contributed by atoms with Crippen LogP contribution in [0.5, 0.6) is 0 Å². The van der Waals surface area contributed by atoms with Crippen LogP contribution in [0.1, 0.15) is 13.8 Å². The maximum atomic E-state index is 13.7. The minimum absolute atomic E-state index is 0.291. The fraction of sp³-hybridized carbons (Fsp3) is 1.00. The van der Waals surface area contributed by atoms with Crippen LogP contribution in [-0.4, -0.2) is 47.5 Å². The molecule has 1 nitrogen and oxygen atoms in total. The lowest BCUT2D eigenvalue weighted by Gasteiger charge is -2.43. The molecule has 0 spiro atoms. The Kier molecular flexibility index (Phi) is 6.15. The molecule has 17 heteroatoms. The smallest absolute Gasteiger partial charge is 0.320 e. The Hall–Kier alpha value is -1.16. The predicted octanol–water partition coefficient (Wildman–Crippen LogP) is 4.92. The number of rotatable bonds is 7. The van der Waals surface area contributed by atoms with E-state index < -0.39 is 53.4 Å². The molecule has 1 unspecified atom stereocenters. The molecule has 0 amide bonds. The van der Waals surface area contributed by atoms with Crippen LogP contribution in [0.4, 0.5) is 70.2 Å². The van der Waals surface area contributed by atoms with Crippen LogP contribution in [0.3, 0.4) is 0 Å². The van der Waals surface area contributed by atoms with E-state index in [9.17, 15) is 70.2 Å². The largest absolute Gasteiger partial charge is 0.460 e. The molecular weight excluding hydrogens is 450 g/mol. The maximum absolute atomic E-state index is 13.7. The Bertz CT molecular complexity index is 572. The number of hydrogen-bond donors (Lipinski definition) is 1. The van der Waals surface area contributed by atoms with Crippen LogP contribution in [-0.2, 0) is 0 Å². The highest BCUT2D eigenvalue weighted by molar-refractivity contribution is 5.15. The fourth-order valence-electron chi connectivity index (χ4n) is 1.59. The van der Waals surface area contributed by atoms with E-state index in [2.05, 4.69) is 0 Å². The van der Waals surface area contributed by atoms with Gasteiger partial charge in [-0.3, -0.25) is 0 Å². The van der Waals surface area contributed by atoms with Crippen LogP contribution >= 0.6 is 0 Å². The zero-order valence-electron chi connectivity index (χ0n) is 13.3. The van der Waals surface area contributed by atoms with Crippen molar-refractivity contribution in [3.8, 4) is 0 Å². The Labute approximate surface area is 144 Å². The van der Waals surface area contributed by atoms with Crippen molar-refractivity contribution in [2.45, 2.75) is 61.4 Å². The van der Waals surface area contributed by atoms with Crippen LogP contribution in [0.2, 0.25) is 0 Å². The number of hydrogen-bond acceptors (Lipinski definition) is 0. The van der Waals surface area contributed by atoms with E-state index in [1.807, 2.05) is 0 Å². The van der Waals surface area contributed by atoms with Crippen LogP contribution < -0.4 is 5.73 Å². The molecule has 3 N–H and O–H groups in total. The molecule has 0 saturated carbocycles.